The fourth-order valence-corrected chi connectivity index (χ4v) is 2.54. The monoisotopic (exact) mass is 252 g/mol. The van der Waals surface area contributed by atoms with Crippen LogP contribution in [-0.4, -0.2) is 9.97 Å². The number of pyridine rings is 1. The molecule has 2 aromatic rings. The average Bonchev–Trinajstić information content (AvgIpc) is 2.68. The van der Waals surface area contributed by atoms with E-state index < -0.39 is 0 Å². The molecule has 0 aliphatic heterocycles. The topological polar surface area (TPSA) is 25.8 Å². The Hall–Kier alpha value is -0.930. The average molecular weight is 253 g/mol. The fourth-order valence-electron chi connectivity index (χ4n) is 1.43. The molecule has 84 valence electrons. The molecule has 0 aliphatic rings. The van der Waals surface area contributed by atoms with Crippen LogP contribution in [0.2, 0.25) is 0 Å². The molecule has 0 N–H and O–H groups in total. The summed E-state index contributed by atoms with van der Waals surface area (Å²) in [5.41, 5.74) is 2.19. The van der Waals surface area contributed by atoms with E-state index in [1.807, 2.05) is 32.3 Å². The lowest BCUT2D eigenvalue weighted by molar-refractivity contribution is 0.891. The number of thiazole rings is 1. The van der Waals surface area contributed by atoms with E-state index in [2.05, 4.69) is 16.0 Å². The van der Waals surface area contributed by atoms with Crippen molar-refractivity contribution < 1.29 is 0 Å². The van der Waals surface area contributed by atoms with Crippen molar-refractivity contribution in [3.8, 4) is 0 Å². The van der Waals surface area contributed by atoms with E-state index in [1.54, 1.807) is 11.3 Å². The Balaban J connectivity index is 2.07. The van der Waals surface area contributed by atoms with Gasteiger partial charge >= 0.3 is 0 Å². The van der Waals surface area contributed by atoms with Gasteiger partial charge in [-0.1, -0.05) is 6.07 Å². The van der Waals surface area contributed by atoms with Gasteiger partial charge in [0.25, 0.3) is 0 Å². The number of hydrogen-bond acceptors (Lipinski definition) is 3. The Morgan fingerprint density at radius 1 is 1.25 bits per heavy atom. The highest BCUT2D eigenvalue weighted by Crippen LogP contribution is 2.28. The molecule has 0 aromatic carbocycles. The van der Waals surface area contributed by atoms with Gasteiger partial charge in [-0.2, -0.15) is 0 Å². The molecule has 0 saturated carbocycles. The van der Waals surface area contributed by atoms with E-state index >= 15 is 0 Å². The summed E-state index contributed by atoms with van der Waals surface area (Å²) in [6.45, 7) is 4.02. The van der Waals surface area contributed by atoms with Gasteiger partial charge in [-0.05, 0) is 25.5 Å². The summed E-state index contributed by atoms with van der Waals surface area (Å²) in [4.78, 5) is 9.67. The molecule has 4 heteroatoms. The zero-order chi connectivity index (χ0) is 11.5. The van der Waals surface area contributed by atoms with Crippen molar-refractivity contribution in [3.05, 3.63) is 45.7 Å². The first-order chi connectivity index (χ1) is 7.65. The normalized spacial score (nSPS) is 12.7. The number of hydrogen-bond donors (Lipinski definition) is 0. The third-order valence-electron chi connectivity index (χ3n) is 2.31. The van der Waals surface area contributed by atoms with Gasteiger partial charge in [0, 0.05) is 29.4 Å². The van der Waals surface area contributed by atoms with Crippen molar-refractivity contribution in [1.29, 1.82) is 0 Å². The quantitative estimate of drug-likeness (QED) is 0.779. The van der Waals surface area contributed by atoms with Gasteiger partial charge in [-0.25, -0.2) is 4.98 Å². The highest BCUT2D eigenvalue weighted by molar-refractivity contribution is 7.11. The Bertz CT molecular complexity index is 464. The first kappa shape index (κ1) is 11.6. The minimum atomic E-state index is -0.0265. The second-order valence-corrected chi connectivity index (χ2v) is 5.57. The molecule has 0 radical (unpaired) electrons. The lowest BCUT2D eigenvalue weighted by atomic mass is 10.2. The molecular formula is C12H13ClN2S. The van der Waals surface area contributed by atoms with Gasteiger partial charge in [0.2, 0.25) is 0 Å². The van der Waals surface area contributed by atoms with Gasteiger partial charge < -0.3 is 0 Å². The zero-order valence-corrected chi connectivity index (χ0v) is 10.8. The molecule has 0 saturated heterocycles. The van der Waals surface area contributed by atoms with E-state index in [9.17, 15) is 0 Å². The molecule has 1 unspecified atom stereocenters. The van der Waals surface area contributed by atoms with E-state index in [4.69, 9.17) is 11.6 Å². The summed E-state index contributed by atoms with van der Waals surface area (Å²) in [7, 11) is 0. The summed E-state index contributed by atoms with van der Waals surface area (Å²) in [5, 5.41) is 1.03. The van der Waals surface area contributed by atoms with Crippen molar-refractivity contribution in [1.82, 2.24) is 9.97 Å². The number of aromatic nitrogens is 2. The first-order valence-electron chi connectivity index (χ1n) is 5.13. The summed E-state index contributed by atoms with van der Waals surface area (Å²) >= 11 is 7.97. The molecule has 0 bridgehead atoms. The van der Waals surface area contributed by atoms with E-state index in [1.165, 1.54) is 5.56 Å². The molecule has 0 fully saturated rings. The summed E-state index contributed by atoms with van der Waals surface area (Å²) in [6, 6.07) is 4.09. The predicted octanol–water partition coefficient (Wildman–Crippen LogP) is 3.68. The van der Waals surface area contributed by atoms with Crippen LogP contribution in [-0.2, 0) is 6.42 Å². The fraction of sp³-hybridized carbons (Fsp3) is 0.333. The number of rotatable bonds is 3. The molecule has 1 atom stereocenters. The van der Waals surface area contributed by atoms with E-state index in [-0.39, 0.29) is 5.38 Å². The Labute approximate surface area is 104 Å². The zero-order valence-electron chi connectivity index (χ0n) is 9.27. The number of nitrogens with zero attached hydrogens (tertiary/aromatic N) is 2. The van der Waals surface area contributed by atoms with Crippen LogP contribution in [0.1, 0.15) is 26.5 Å². The standard InChI is InChI=1S/C12H13ClN2S/c1-8-3-4-10(15-6-8)5-11(13)12-7-14-9(2)16-12/h3-4,6-7,11H,5H2,1-2H3. The highest BCUT2D eigenvalue weighted by Gasteiger charge is 2.12. The minimum absolute atomic E-state index is 0.0265. The minimum Gasteiger partial charge on any atom is -0.261 e. The Morgan fingerprint density at radius 3 is 2.62 bits per heavy atom. The lowest BCUT2D eigenvalue weighted by Gasteiger charge is -2.05. The predicted molar refractivity (Wildman–Crippen MR) is 68.1 cm³/mol. The first-order valence-corrected chi connectivity index (χ1v) is 6.38. The maximum atomic E-state index is 6.32. The van der Waals surface area contributed by atoms with Gasteiger partial charge in [0.15, 0.2) is 0 Å². The lowest BCUT2D eigenvalue weighted by Crippen LogP contribution is -1.96. The van der Waals surface area contributed by atoms with Gasteiger partial charge in [-0.3, -0.25) is 4.98 Å². The second-order valence-electron chi connectivity index (χ2n) is 3.78. The van der Waals surface area contributed by atoms with Gasteiger partial charge in [0.1, 0.15) is 0 Å². The molecule has 2 aromatic heterocycles. The van der Waals surface area contributed by atoms with Crippen LogP contribution in [0.15, 0.2) is 24.5 Å². The molecule has 0 spiro atoms. The van der Waals surface area contributed by atoms with Crippen molar-refractivity contribution in [2.75, 3.05) is 0 Å². The van der Waals surface area contributed by atoms with Crippen LogP contribution in [0.5, 0.6) is 0 Å². The third-order valence-corrected chi connectivity index (χ3v) is 3.85. The van der Waals surface area contributed by atoms with Crippen molar-refractivity contribution in [2.45, 2.75) is 25.6 Å². The number of halogens is 1. The number of aryl methyl sites for hydroxylation is 2. The summed E-state index contributed by atoms with van der Waals surface area (Å²) in [5.74, 6) is 0. The highest BCUT2D eigenvalue weighted by atomic mass is 35.5. The summed E-state index contributed by atoms with van der Waals surface area (Å²) < 4.78 is 0. The van der Waals surface area contributed by atoms with Crippen LogP contribution in [0.4, 0.5) is 0 Å². The van der Waals surface area contributed by atoms with Crippen molar-refractivity contribution in [3.63, 3.8) is 0 Å². The van der Waals surface area contributed by atoms with Crippen LogP contribution in [0.3, 0.4) is 0 Å². The van der Waals surface area contributed by atoms with Crippen LogP contribution >= 0.6 is 22.9 Å². The summed E-state index contributed by atoms with van der Waals surface area (Å²) in [6.07, 6.45) is 4.48. The van der Waals surface area contributed by atoms with Crippen molar-refractivity contribution >= 4 is 22.9 Å². The Kier molecular flexibility index (Phi) is 3.56. The van der Waals surface area contributed by atoms with E-state index in [0.717, 1.165) is 22.0 Å². The number of alkyl halides is 1. The van der Waals surface area contributed by atoms with Gasteiger partial charge in [-0.15, -0.1) is 22.9 Å². The molecular weight excluding hydrogens is 240 g/mol. The SMILES string of the molecule is Cc1ccc(CC(Cl)c2cnc(C)s2)nc1. The molecule has 2 rings (SSSR count). The van der Waals surface area contributed by atoms with E-state index in [0.29, 0.717) is 0 Å². The Morgan fingerprint density at radius 2 is 2.06 bits per heavy atom. The molecule has 2 heterocycles. The molecule has 2 nitrogen and oxygen atoms in total. The van der Waals surface area contributed by atoms with Crippen LogP contribution in [0, 0.1) is 13.8 Å². The molecule has 0 aliphatic carbocycles. The second kappa shape index (κ2) is 4.93. The maximum Gasteiger partial charge on any atom is 0.0897 e. The largest absolute Gasteiger partial charge is 0.261 e. The smallest absolute Gasteiger partial charge is 0.0897 e. The van der Waals surface area contributed by atoms with Crippen LogP contribution < -0.4 is 0 Å². The molecule has 0 amide bonds. The van der Waals surface area contributed by atoms with Crippen LogP contribution in [0.25, 0.3) is 0 Å². The van der Waals surface area contributed by atoms with Crippen molar-refractivity contribution in [2.24, 2.45) is 0 Å². The third kappa shape index (κ3) is 2.80. The molecule has 16 heavy (non-hydrogen) atoms. The van der Waals surface area contributed by atoms with Gasteiger partial charge in [0.05, 0.1) is 10.4 Å². The maximum absolute atomic E-state index is 6.32.